The fourth-order valence-electron chi connectivity index (χ4n) is 2.88. The highest BCUT2D eigenvalue weighted by Crippen LogP contribution is 2.24. The van der Waals surface area contributed by atoms with E-state index in [9.17, 15) is 14.7 Å². The summed E-state index contributed by atoms with van der Waals surface area (Å²) in [4.78, 5) is 29.9. The Bertz CT molecular complexity index is 701. The Morgan fingerprint density at radius 1 is 1.29 bits per heavy atom. The van der Waals surface area contributed by atoms with E-state index in [-0.39, 0.29) is 11.5 Å². The van der Waals surface area contributed by atoms with E-state index in [1.165, 1.54) is 6.07 Å². The topological polar surface area (TPSA) is 75.4 Å². The zero-order chi connectivity index (χ0) is 15.0. The lowest BCUT2D eigenvalue weighted by Gasteiger charge is -2.22. The lowest BCUT2D eigenvalue weighted by Crippen LogP contribution is -2.33. The second kappa shape index (κ2) is 5.20. The summed E-state index contributed by atoms with van der Waals surface area (Å²) in [5.41, 5.74) is 1.27. The molecule has 21 heavy (non-hydrogen) atoms. The molecule has 0 spiro atoms. The molecule has 1 aromatic heterocycles. The first-order valence-corrected chi connectivity index (χ1v) is 7.07. The van der Waals surface area contributed by atoms with Gasteiger partial charge in [-0.15, -0.1) is 0 Å². The molecule has 0 saturated carbocycles. The van der Waals surface area contributed by atoms with Gasteiger partial charge >= 0.3 is 5.97 Å². The molecule has 1 fully saturated rings. The van der Waals surface area contributed by atoms with E-state index in [4.69, 9.17) is 0 Å². The fraction of sp³-hybridized carbons (Fsp3) is 0.400. The molecule has 2 heterocycles. The maximum atomic E-state index is 12.5. The molecule has 1 N–H and O–H groups in total. The number of aromatic nitrogens is 2. The number of carboxylic acids is 1. The Hall–Kier alpha value is -2.37. The number of hydrogen-bond donors (Lipinski definition) is 1. The van der Waals surface area contributed by atoms with Crippen LogP contribution in [0.2, 0.25) is 0 Å². The Kier molecular flexibility index (Phi) is 3.37. The van der Waals surface area contributed by atoms with Crippen molar-refractivity contribution in [2.75, 3.05) is 13.1 Å². The first-order chi connectivity index (χ1) is 10.1. The van der Waals surface area contributed by atoms with Gasteiger partial charge in [-0.05, 0) is 31.9 Å². The Morgan fingerprint density at radius 3 is 2.67 bits per heavy atom. The zero-order valence-corrected chi connectivity index (χ0v) is 11.8. The number of carboxylic acid groups (broad SMARTS) is 1. The van der Waals surface area contributed by atoms with E-state index >= 15 is 0 Å². The van der Waals surface area contributed by atoms with Crippen LogP contribution in [0.25, 0.3) is 11.0 Å². The van der Waals surface area contributed by atoms with Crippen molar-refractivity contribution >= 4 is 22.9 Å². The maximum absolute atomic E-state index is 12.5. The van der Waals surface area contributed by atoms with Gasteiger partial charge in [-0.25, -0.2) is 9.78 Å². The lowest BCUT2D eigenvalue weighted by atomic mass is 10.1. The van der Waals surface area contributed by atoms with Crippen molar-refractivity contribution in [1.82, 2.24) is 14.5 Å². The zero-order valence-electron chi connectivity index (χ0n) is 11.8. The standard InChI is InChI=1S/C15H17N3O3/c1-10(14(19)17-7-2-3-8-17)18-9-16-12-6-4-5-11(13(12)18)15(20)21/h4-6,9-10H,2-3,7-8H2,1H3,(H,20,21). The van der Waals surface area contributed by atoms with Crippen LogP contribution in [0.3, 0.4) is 0 Å². The van der Waals surface area contributed by atoms with Crippen LogP contribution in [-0.4, -0.2) is 44.5 Å². The molecular weight excluding hydrogens is 270 g/mol. The number of benzene rings is 1. The molecule has 1 aromatic carbocycles. The van der Waals surface area contributed by atoms with Crippen LogP contribution in [-0.2, 0) is 4.79 Å². The van der Waals surface area contributed by atoms with Crippen molar-refractivity contribution in [2.45, 2.75) is 25.8 Å². The van der Waals surface area contributed by atoms with Gasteiger partial charge in [0.25, 0.3) is 0 Å². The van der Waals surface area contributed by atoms with Gasteiger partial charge in [0.05, 0.1) is 22.9 Å². The molecule has 1 aliphatic heterocycles. The van der Waals surface area contributed by atoms with Crippen molar-refractivity contribution < 1.29 is 14.7 Å². The largest absolute Gasteiger partial charge is 0.478 e. The van der Waals surface area contributed by atoms with Crippen molar-refractivity contribution in [3.8, 4) is 0 Å². The fourth-order valence-corrected chi connectivity index (χ4v) is 2.88. The SMILES string of the molecule is CC(C(=O)N1CCCC1)n1cnc2cccc(C(=O)O)c21. The lowest BCUT2D eigenvalue weighted by molar-refractivity contribution is -0.133. The molecule has 2 aromatic rings. The van der Waals surface area contributed by atoms with Gasteiger partial charge in [0.15, 0.2) is 0 Å². The van der Waals surface area contributed by atoms with Crippen LogP contribution in [0.1, 0.15) is 36.2 Å². The minimum atomic E-state index is -1.01. The first-order valence-electron chi connectivity index (χ1n) is 7.07. The van der Waals surface area contributed by atoms with Gasteiger partial charge in [0, 0.05) is 13.1 Å². The molecule has 6 nitrogen and oxygen atoms in total. The van der Waals surface area contributed by atoms with Crippen LogP contribution in [0.15, 0.2) is 24.5 Å². The average molecular weight is 287 g/mol. The summed E-state index contributed by atoms with van der Waals surface area (Å²) < 4.78 is 1.67. The minimum absolute atomic E-state index is 0.0204. The number of hydrogen-bond acceptors (Lipinski definition) is 3. The smallest absolute Gasteiger partial charge is 0.337 e. The van der Waals surface area contributed by atoms with E-state index in [1.807, 2.05) is 4.90 Å². The van der Waals surface area contributed by atoms with Gasteiger partial charge in [-0.1, -0.05) is 6.07 Å². The molecule has 1 unspecified atom stereocenters. The van der Waals surface area contributed by atoms with Crippen molar-refractivity contribution in [3.63, 3.8) is 0 Å². The Balaban J connectivity index is 2.03. The second-order valence-corrected chi connectivity index (χ2v) is 5.34. The second-order valence-electron chi connectivity index (χ2n) is 5.34. The summed E-state index contributed by atoms with van der Waals surface area (Å²) >= 11 is 0. The highest BCUT2D eigenvalue weighted by molar-refractivity contribution is 6.01. The van der Waals surface area contributed by atoms with E-state index in [1.54, 1.807) is 30.0 Å². The molecule has 1 amide bonds. The molecule has 0 radical (unpaired) electrons. The third kappa shape index (κ3) is 2.26. The van der Waals surface area contributed by atoms with E-state index in [0.717, 1.165) is 25.9 Å². The number of imidazole rings is 1. The van der Waals surface area contributed by atoms with Gasteiger partial charge in [-0.3, -0.25) is 4.79 Å². The van der Waals surface area contributed by atoms with Crippen LogP contribution in [0.5, 0.6) is 0 Å². The summed E-state index contributed by atoms with van der Waals surface area (Å²) in [5, 5.41) is 9.32. The number of aromatic carboxylic acids is 1. The average Bonchev–Trinajstić information content (AvgIpc) is 3.14. The van der Waals surface area contributed by atoms with Gasteiger partial charge in [0.2, 0.25) is 5.91 Å². The van der Waals surface area contributed by atoms with Crippen LogP contribution in [0, 0.1) is 0 Å². The molecule has 1 atom stereocenters. The summed E-state index contributed by atoms with van der Waals surface area (Å²) in [5.74, 6) is -0.991. The summed E-state index contributed by atoms with van der Waals surface area (Å²) in [6, 6.07) is 4.51. The van der Waals surface area contributed by atoms with Crippen molar-refractivity contribution in [2.24, 2.45) is 0 Å². The number of rotatable bonds is 3. The number of carbonyl (C=O) groups excluding carboxylic acids is 1. The van der Waals surface area contributed by atoms with Gasteiger partial charge < -0.3 is 14.6 Å². The molecule has 110 valence electrons. The highest BCUT2D eigenvalue weighted by atomic mass is 16.4. The number of nitrogens with zero attached hydrogens (tertiary/aromatic N) is 3. The number of fused-ring (bicyclic) bond motifs is 1. The first kappa shape index (κ1) is 13.6. The van der Waals surface area contributed by atoms with Crippen molar-refractivity contribution in [1.29, 1.82) is 0 Å². The quantitative estimate of drug-likeness (QED) is 0.935. The maximum Gasteiger partial charge on any atom is 0.337 e. The van der Waals surface area contributed by atoms with Gasteiger partial charge in [0.1, 0.15) is 6.04 Å². The van der Waals surface area contributed by atoms with E-state index in [0.29, 0.717) is 11.0 Å². The summed E-state index contributed by atoms with van der Waals surface area (Å²) in [6.07, 6.45) is 3.61. The van der Waals surface area contributed by atoms with Gasteiger partial charge in [-0.2, -0.15) is 0 Å². The predicted octanol–water partition coefficient (Wildman–Crippen LogP) is 1.92. The predicted molar refractivity (Wildman–Crippen MR) is 77.2 cm³/mol. The minimum Gasteiger partial charge on any atom is -0.478 e. The molecule has 0 aliphatic carbocycles. The Morgan fingerprint density at radius 2 is 2.00 bits per heavy atom. The summed E-state index contributed by atoms with van der Waals surface area (Å²) in [6.45, 7) is 3.35. The Labute approximate surface area is 122 Å². The molecule has 1 saturated heterocycles. The number of likely N-dealkylation sites (tertiary alicyclic amines) is 1. The normalized spacial score (nSPS) is 16.3. The highest BCUT2D eigenvalue weighted by Gasteiger charge is 2.26. The van der Waals surface area contributed by atoms with Crippen LogP contribution < -0.4 is 0 Å². The van der Waals surface area contributed by atoms with Crippen molar-refractivity contribution in [3.05, 3.63) is 30.1 Å². The molecule has 1 aliphatic rings. The van der Waals surface area contributed by atoms with E-state index < -0.39 is 12.0 Å². The van der Waals surface area contributed by atoms with Crippen LogP contribution >= 0.6 is 0 Å². The third-order valence-corrected chi connectivity index (χ3v) is 4.02. The number of carbonyl (C=O) groups is 2. The number of amides is 1. The number of para-hydroxylation sites is 1. The third-order valence-electron chi connectivity index (χ3n) is 4.02. The molecule has 3 rings (SSSR count). The van der Waals surface area contributed by atoms with Crippen LogP contribution in [0.4, 0.5) is 0 Å². The van der Waals surface area contributed by atoms with E-state index in [2.05, 4.69) is 4.98 Å². The molecular formula is C15H17N3O3. The summed E-state index contributed by atoms with van der Waals surface area (Å²) in [7, 11) is 0. The monoisotopic (exact) mass is 287 g/mol. The molecule has 6 heteroatoms. The molecule has 0 bridgehead atoms.